The minimum absolute atomic E-state index is 0.622. The summed E-state index contributed by atoms with van der Waals surface area (Å²) in [5.74, 6) is 1.90. The van der Waals surface area contributed by atoms with E-state index >= 15 is 0 Å². The highest BCUT2D eigenvalue weighted by atomic mass is 16.3. The Hall–Kier alpha value is -8.80. The summed E-state index contributed by atoms with van der Waals surface area (Å²) in [6, 6.07) is 76.3. The van der Waals surface area contributed by atoms with E-state index in [1.165, 1.54) is 0 Å². The van der Waals surface area contributed by atoms with Gasteiger partial charge in [0, 0.05) is 54.7 Å². The summed E-state index contributed by atoms with van der Waals surface area (Å²) in [4.78, 5) is 20.7. The predicted molar refractivity (Wildman–Crippen MR) is 268 cm³/mol. The summed E-state index contributed by atoms with van der Waals surface area (Å²) in [5.41, 5.74) is 12.0. The average molecular weight is 829 g/mol. The summed E-state index contributed by atoms with van der Waals surface area (Å²) in [7, 11) is 0. The van der Waals surface area contributed by atoms with E-state index in [0.29, 0.717) is 17.5 Å². The lowest BCUT2D eigenvalue weighted by Crippen LogP contribution is -2.01. The van der Waals surface area contributed by atoms with Crippen LogP contribution in [-0.2, 0) is 0 Å². The Kier molecular flexibility index (Phi) is 8.46. The predicted octanol–water partition coefficient (Wildman–Crippen LogP) is 15.8. The molecule has 0 amide bonds. The average Bonchev–Trinajstić information content (AvgIpc) is 3.76. The monoisotopic (exact) mass is 828 g/mol. The first-order valence-corrected chi connectivity index (χ1v) is 21.9. The van der Waals surface area contributed by atoms with Crippen LogP contribution in [0.4, 0.5) is 0 Å². The third-order valence-electron chi connectivity index (χ3n) is 12.7. The van der Waals surface area contributed by atoms with E-state index in [9.17, 15) is 0 Å². The van der Waals surface area contributed by atoms with Crippen molar-refractivity contribution in [3.8, 4) is 67.7 Å². The first-order chi connectivity index (χ1) is 32.2. The van der Waals surface area contributed by atoms with E-state index in [4.69, 9.17) is 24.4 Å². The molecule has 5 heteroatoms. The number of benzene rings is 10. The molecule has 0 bridgehead atoms. The van der Waals surface area contributed by atoms with Gasteiger partial charge in [0.05, 0.1) is 11.2 Å². The second kappa shape index (κ2) is 14.9. The zero-order chi connectivity index (χ0) is 42.8. The second-order valence-corrected chi connectivity index (χ2v) is 16.5. The molecular formula is C60H36N4O. The zero-order valence-corrected chi connectivity index (χ0v) is 35.0. The smallest absolute Gasteiger partial charge is 0.164 e. The summed E-state index contributed by atoms with van der Waals surface area (Å²) in [6.07, 6.45) is 0. The molecule has 0 aliphatic heterocycles. The minimum atomic E-state index is 0.622. The number of hydrogen-bond acceptors (Lipinski definition) is 5. The van der Waals surface area contributed by atoms with Crippen molar-refractivity contribution < 1.29 is 4.42 Å². The van der Waals surface area contributed by atoms with Gasteiger partial charge in [-0.25, -0.2) is 19.9 Å². The molecule has 3 aromatic heterocycles. The van der Waals surface area contributed by atoms with Crippen LogP contribution in [0.3, 0.4) is 0 Å². The number of pyridine rings is 1. The van der Waals surface area contributed by atoms with Crippen LogP contribution in [0.25, 0.3) is 133 Å². The fourth-order valence-electron chi connectivity index (χ4n) is 9.65. The minimum Gasteiger partial charge on any atom is -0.456 e. The van der Waals surface area contributed by atoms with Crippen LogP contribution in [0.15, 0.2) is 223 Å². The number of hydrogen-bond donors (Lipinski definition) is 0. The maximum absolute atomic E-state index is 6.63. The Morgan fingerprint density at radius 1 is 0.292 bits per heavy atom. The number of nitrogens with zero attached hydrogens (tertiary/aromatic N) is 4. The van der Waals surface area contributed by atoms with E-state index in [2.05, 4.69) is 206 Å². The molecule has 13 rings (SSSR count). The van der Waals surface area contributed by atoms with E-state index in [0.717, 1.165) is 115 Å². The number of fused-ring (bicyclic) bond motifs is 8. The number of rotatable bonds is 6. The molecule has 0 saturated carbocycles. The van der Waals surface area contributed by atoms with Crippen LogP contribution in [0, 0.1) is 0 Å². The van der Waals surface area contributed by atoms with E-state index in [1.807, 2.05) is 12.1 Å². The summed E-state index contributed by atoms with van der Waals surface area (Å²) in [5, 5.41) is 9.99. The molecule has 0 fully saturated rings. The van der Waals surface area contributed by atoms with Crippen molar-refractivity contribution in [2.24, 2.45) is 0 Å². The van der Waals surface area contributed by atoms with Gasteiger partial charge in [0.15, 0.2) is 17.5 Å². The molecular weight excluding hydrogens is 793 g/mol. The van der Waals surface area contributed by atoms with Crippen LogP contribution in [0.1, 0.15) is 0 Å². The normalized spacial score (nSPS) is 11.7. The molecule has 0 N–H and O–H groups in total. The quantitative estimate of drug-likeness (QED) is 0.156. The molecule has 0 spiro atoms. The molecule has 0 radical (unpaired) electrons. The van der Waals surface area contributed by atoms with Gasteiger partial charge in [-0.1, -0.05) is 200 Å². The Balaban J connectivity index is 0.943. The van der Waals surface area contributed by atoms with Crippen molar-refractivity contribution in [3.05, 3.63) is 218 Å². The summed E-state index contributed by atoms with van der Waals surface area (Å²) >= 11 is 0. The molecule has 0 unspecified atom stereocenters. The molecule has 302 valence electrons. The molecule has 3 heterocycles. The maximum atomic E-state index is 6.63. The van der Waals surface area contributed by atoms with Crippen LogP contribution in [0.5, 0.6) is 0 Å². The van der Waals surface area contributed by atoms with Crippen LogP contribution in [-0.4, -0.2) is 19.9 Å². The second-order valence-electron chi connectivity index (χ2n) is 16.5. The van der Waals surface area contributed by atoms with E-state index < -0.39 is 0 Å². The van der Waals surface area contributed by atoms with E-state index in [1.54, 1.807) is 0 Å². The van der Waals surface area contributed by atoms with Crippen LogP contribution in [0.2, 0.25) is 0 Å². The van der Waals surface area contributed by atoms with Crippen molar-refractivity contribution in [3.63, 3.8) is 0 Å². The first kappa shape index (κ1) is 36.8. The van der Waals surface area contributed by atoms with Gasteiger partial charge >= 0.3 is 0 Å². The fourth-order valence-corrected chi connectivity index (χ4v) is 9.65. The van der Waals surface area contributed by atoms with Gasteiger partial charge in [-0.3, -0.25) is 0 Å². The molecule has 0 saturated heterocycles. The first-order valence-electron chi connectivity index (χ1n) is 21.9. The lowest BCUT2D eigenvalue weighted by atomic mass is 9.89. The lowest BCUT2D eigenvalue weighted by Gasteiger charge is -2.16. The largest absolute Gasteiger partial charge is 0.456 e. The molecule has 5 nitrogen and oxygen atoms in total. The van der Waals surface area contributed by atoms with Gasteiger partial charge in [0.25, 0.3) is 0 Å². The van der Waals surface area contributed by atoms with Crippen molar-refractivity contribution in [2.75, 3.05) is 0 Å². The highest BCUT2D eigenvalue weighted by molar-refractivity contribution is 6.27. The van der Waals surface area contributed by atoms with Crippen molar-refractivity contribution in [2.45, 2.75) is 0 Å². The summed E-state index contributed by atoms with van der Waals surface area (Å²) in [6.45, 7) is 0. The molecule has 10 aromatic carbocycles. The Labute approximate surface area is 374 Å². The fraction of sp³-hybridized carbons (Fsp3) is 0. The Morgan fingerprint density at radius 2 is 0.800 bits per heavy atom. The molecule has 0 aliphatic rings. The number of furan rings is 1. The third-order valence-corrected chi connectivity index (χ3v) is 12.7. The Morgan fingerprint density at radius 3 is 1.46 bits per heavy atom. The highest BCUT2D eigenvalue weighted by Crippen LogP contribution is 2.46. The third kappa shape index (κ3) is 6.16. The topological polar surface area (TPSA) is 64.7 Å². The van der Waals surface area contributed by atoms with Crippen LogP contribution >= 0.6 is 0 Å². The van der Waals surface area contributed by atoms with Crippen molar-refractivity contribution in [1.82, 2.24) is 19.9 Å². The van der Waals surface area contributed by atoms with Gasteiger partial charge in [0.1, 0.15) is 11.2 Å². The number of aromatic nitrogens is 4. The van der Waals surface area contributed by atoms with Gasteiger partial charge in [0.2, 0.25) is 0 Å². The molecule has 0 atom stereocenters. The van der Waals surface area contributed by atoms with Crippen LogP contribution < -0.4 is 0 Å². The highest BCUT2D eigenvalue weighted by Gasteiger charge is 2.22. The zero-order valence-electron chi connectivity index (χ0n) is 35.0. The summed E-state index contributed by atoms with van der Waals surface area (Å²) < 4.78 is 6.63. The molecule has 65 heavy (non-hydrogen) atoms. The standard InChI is InChI=1S/C60H36N4O/c1-2-16-42(17-3-1)57-50-36-53-56(49-23-9-11-27-52(49)65-53)54(55(50)48-22-8-10-26-51(48)61-57)41-32-28-37(29-33-41)38-30-34-43(35-31-38)58-62-59(46-24-12-18-39-14-4-6-20-44(39)46)64-60(63-58)47-25-13-19-40-15-5-7-21-45(40)47/h1-36H. The van der Waals surface area contributed by atoms with Crippen molar-refractivity contribution >= 4 is 65.2 Å². The van der Waals surface area contributed by atoms with Gasteiger partial charge in [-0.05, 0) is 56.4 Å². The van der Waals surface area contributed by atoms with E-state index in [-0.39, 0.29) is 0 Å². The van der Waals surface area contributed by atoms with Gasteiger partial charge in [-0.15, -0.1) is 0 Å². The number of para-hydroxylation sites is 2. The van der Waals surface area contributed by atoms with Gasteiger partial charge in [-0.2, -0.15) is 0 Å². The van der Waals surface area contributed by atoms with Gasteiger partial charge < -0.3 is 4.42 Å². The van der Waals surface area contributed by atoms with Crippen molar-refractivity contribution in [1.29, 1.82) is 0 Å². The lowest BCUT2D eigenvalue weighted by molar-refractivity contribution is 0.669. The Bertz CT molecular complexity index is 3880. The molecule has 0 aliphatic carbocycles. The molecule has 13 aromatic rings. The maximum Gasteiger partial charge on any atom is 0.164 e. The SMILES string of the molecule is c1ccc(-c2nc3ccccc3c3c(-c4ccc(-c5ccc(-c6nc(-c7cccc8ccccc78)nc(-c7cccc8ccccc78)n6)cc5)cc4)c4c(cc23)oc2ccccc24)cc1.